The summed E-state index contributed by atoms with van der Waals surface area (Å²) in [5.74, 6) is -0.782. The van der Waals surface area contributed by atoms with Gasteiger partial charge in [0.1, 0.15) is 5.65 Å². The van der Waals surface area contributed by atoms with Crippen LogP contribution in [0.5, 0.6) is 0 Å². The van der Waals surface area contributed by atoms with Crippen molar-refractivity contribution in [3.8, 4) is 0 Å². The third kappa shape index (κ3) is 4.30. The van der Waals surface area contributed by atoms with Gasteiger partial charge in [-0.2, -0.15) is 0 Å². The summed E-state index contributed by atoms with van der Waals surface area (Å²) in [6.45, 7) is 4.54. The molecule has 1 aliphatic carbocycles. The zero-order valence-electron chi connectivity index (χ0n) is 15.9. The van der Waals surface area contributed by atoms with Gasteiger partial charge in [0.15, 0.2) is 0 Å². The van der Waals surface area contributed by atoms with E-state index in [-0.39, 0.29) is 29.5 Å². The van der Waals surface area contributed by atoms with Crippen molar-refractivity contribution in [2.45, 2.75) is 64.6 Å². The van der Waals surface area contributed by atoms with Crippen molar-refractivity contribution in [1.82, 2.24) is 20.6 Å². The van der Waals surface area contributed by atoms with Gasteiger partial charge < -0.3 is 20.7 Å². The topological polar surface area (TPSA) is 107 Å². The molecule has 2 aromatic rings. The predicted octanol–water partition coefficient (Wildman–Crippen LogP) is 2.82. The maximum atomic E-state index is 12.8. The minimum absolute atomic E-state index is 0.0362. The van der Waals surface area contributed by atoms with Gasteiger partial charge in [-0.1, -0.05) is 33.1 Å². The van der Waals surface area contributed by atoms with Crippen LogP contribution in [-0.2, 0) is 11.3 Å². The first kappa shape index (κ1) is 19.4. The highest BCUT2D eigenvalue weighted by Crippen LogP contribution is 2.22. The number of aromatic amines is 1. The number of fused-ring (bicyclic) bond motifs is 1. The molecule has 2 atom stereocenters. The zero-order chi connectivity index (χ0) is 19.4. The van der Waals surface area contributed by atoms with Crippen LogP contribution in [0, 0.1) is 5.92 Å². The lowest BCUT2D eigenvalue weighted by molar-refractivity contribution is -0.125. The second-order valence-electron chi connectivity index (χ2n) is 7.44. The van der Waals surface area contributed by atoms with Crippen molar-refractivity contribution in [1.29, 1.82) is 0 Å². The SMILES string of the molecule is CC[C@@H](C)[C@@H](NCc1ccnc2[nH]cc(C(=O)O)c12)C(=O)NC1CCCC1. The third-order valence-electron chi connectivity index (χ3n) is 5.60. The first-order chi connectivity index (χ1) is 13.0. The number of carboxylic acids is 1. The molecule has 0 aliphatic heterocycles. The highest BCUT2D eigenvalue weighted by Gasteiger charge is 2.27. The van der Waals surface area contributed by atoms with Crippen molar-refractivity contribution in [3.63, 3.8) is 0 Å². The maximum absolute atomic E-state index is 12.8. The van der Waals surface area contributed by atoms with E-state index in [1.54, 1.807) is 12.3 Å². The Bertz CT molecular complexity index is 811. The molecular weight excluding hydrogens is 344 g/mol. The van der Waals surface area contributed by atoms with Crippen molar-refractivity contribution < 1.29 is 14.7 Å². The minimum atomic E-state index is -0.993. The lowest BCUT2D eigenvalue weighted by atomic mass is 9.97. The van der Waals surface area contributed by atoms with E-state index in [2.05, 4.69) is 34.4 Å². The van der Waals surface area contributed by atoms with Crippen LogP contribution in [0.2, 0.25) is 0 Å². The number of hydrogen-bond acceptors (Lipinski definition) is 4. The Morgan fingerprint density at radius 2 is 2.11 bits per heavy atom. The van der Waals surface area contributed by atoms with Gasteiger partial charge in [-0.3, -0.25) is 4.79 Å². The summed E-state index contributed by atoms with van der Waals surface area (Å²) in [7, 11) is 0. The van der Waals surface area contributed by atoms with E-state index in [4.69, 9.17) is 0 Å². The first-order valence-electron chi connectivity index (χ1n) is 9.73. The van der Waals surface area contributed by atoms with Crippen molar-refractivity contribution in [2.75, 3.05) is 0 Å². The van der Waals surface area contributed by atoms with E-state index in [0.717, 1.165) is 24.8 Å². The van der Waals surface area contributed by atoms with E-state index < -0.39 is 5.97 Å². The molecular formula is C20H28N4O3. The molecule has 4 N–H and O–H groups in total. The lowest BCUT2D eigenvalue weighted by Gasteiger charge is -2.25. The second-order valence-corrected chi connectivity index (χ2v) is 7.44. The highest BCUT2D eigenvalue weighted by atomic mass is 16.4. The Kier molecular flexibility index (Phi) is 6.11. The van der Waals surface area contributed by atoms with Crippen LogP contribution < -0.4 is 10.6 Å². The van der Waals surface area contributed by atoms with E-state index in [1.807, 2.05) is 0 Å². The van der Waals surface area contributed by atoms with Crippen molar-refractivity contribution >= 4 is 22.9 Å². The van der Waals surface area contributed by atoms with Crippen LogP contribution in [0.15, 0.2) is 18.5 Å². The molecule has 27 heavy (non-hydrogen) atoms. The maximum Gasteiger partial charge on any atom is 0.337 e. The molecule has 1 fully saturated rings. The molecule has 1 saturated carbocycles. The summed E-state index contributed by atoms with van der Waals surface area (Å²) in [4.78, 5) is 31.4. The van der Waals surface area contributed by atoms with Crippen LogP contribution in [0.4, 0.5) is 0 Å². The Morgan fingerprint density at radius 1 is 1.37 bits per heavy atom. The first-order valence-corrected chi connectivity index (χ1v) is 9.73. The van der Waals surface area contributed by atoms with Crippen LogP contribution in [0.1, 0.15) is 61.9 Å². The average Bonchev–Trinajstić information content (AvgIpc) is 3.31. The Hall–Kier alpha value is -2.41. The smallest absolute Gasteiger partial charge is 0.337 e. The summed E-state index contributed by atoms with van der Waals surface area (Å²) >= 11 is 0. The standard InChI is InChI=1S/C20H28N4O3/c1-3-12(2)17(19(25)24-14-6-4-5-7-14)22-10-13-8-9-21-18-16(13)15(11-23-18)20(26)27/h8-9,11-12,14,17,22H,3-7,10H2,1-2H3,(H,21,23)(H,24,25)(H,26,27)/t12-,17-/m1/s1. The largest absolute Gasteiger partial charge is 0.478 e. The molecule has 146 valence electrons. The number of hydrogen-bond donors (Lipinski definition) is 4. The van der Waals surface area contributed by atoms with E-state index in [9.17, 15) is 14.7 Å². The lowest BCUT2D eigenvalue weighted by Crippen LogP contribution is -2.50. The van der Waals surface area contributed by atoms with Gasteiger partial charge >= 0.3 is 5.97 Å². The molecule has 7 heteroatoms. The number of carboxylic acid groups (broad SMARTS) is 1. The quantitative estimate of drug-likeness (QED) is 0.570. The van der Waals surface area contributed by atoms with Crippen LogP contribution in [-0.4, -0.2) is 39.0 Å². The van der Waals surface area contributed by atoms with Crippen molar-refractivity contribution in [3.05, 3.63) is 29.6 Å². The number of carbonyl (C=O) groups is 2. The van der Waals surface area contributed by atoms with Crippen LogP contribution in [0.25, 0.3) is 11.0 Å². The third-order valence-corrected chi connectivity index (χ3v) is 5.60. The Balaban J connectivity index is 1.77. The van der Waals surface area contributed by atoms with Gasteiger partial charge in [0, 0.05) is 30.4 Å². The Labute approximate surface area is 158 Å². The van der Waals surface area contributed by atoms with Gasteiger partial charge in [-0.05, 0) is 30.4 Å². The fraction of sp³-hybridized carbons (Fsp3) is 0.550. The molecule has 0 unspecified atom stereocenters. The number of aromatic carboxylic acids is 1. The van der Waals surface area contributed by atoms with E-state index >= 15 is 0 Å². The normalized spacial score (nSPS) is 17.1. The highest BCUT2D eigenvalue weighted by molar-refractivity contribution is 6.03. The summed E-state index contributed by atoms with van der Waals surface area (Å²) in [6.07, 6.45) is 8.44. The van der Waals surface area contributed by atoms with Gasteiger partial charge in [-0.15, -0.1) is 0 Å². The van der Waals surface area contributed by atoms with E-state index in [0.29, 0.717) is 17.6 Å². The molecule has 1 amide bonds. The van der Waals surface area contributed by atoms with Crippen molar-refractivity contribution in [2.24, 2.45) is 5.92 Å². The molecule has 0 saturated heterocycles. The number of aromatic nitrogens is 2. The molecule has 2 aromatic heterocycles. The van der Waals surface area contributed by atoms with E-state index in [1.165, 1.54) is 19.0 Å². The number of nitrogens with one attached hydrogen (secondary N) is 3. The summed E-state index contributed by atoms with van der Waals surface area (Å²) in [5.41, 5.74) is 1.56. The monoisotopic (exact) mass is 372 g/mol. The fourth-order valence-corrected chi connectivity index (χ4v) is 3.81. The summed E-state index contributed by atoms with van der Waals surface area (Å²) in [6, 6.07) is 1.77. The zero-order valence-corrected chi connectivity index (χ0v) is 15.9. The number of rotatable bonds is 8. The molecule has 0 spiro atoms. The molecule has 3 rings (SSSR count). The van der Waals surface area contributed by atoms with Crippen LogP contribution >= 0.6 is 0 Å². The number of amides is 1. The molecule has 2 heterocycles. The average molecular weight is 372 g/mol. The van der Waals surface area contributed by atoms with Gasteiger partial charge in [0.25, 0.3) is 0 Å². The molecule has 0 aromatic carbocycles. The predicted molar refractivity (Wildman–Crippen MR) is 104 cm³/mol. The second kappa shape index (κ2) is 8.52. The fourth-order valence-electron chi connectivity index (χ4n) is 3.81. The summed E-state index contributed by atoms with van der Waals surface area (Å²) in [5, 5.41) is 16.5. The molecule has 7 nitrogen and oxygen atoms in total. The van der Waals surface area contributed by atoms with Gasteiger partial charge in [-0.25, -0.2) is 9.78 Å². The Morgan fingerprint density at radius 3 is 2.78 bits per heavy atom. The van der Waals surface area contributed by atoms with Gasteiger partial charge in [0.2, 0.25) is 5.91 Å². The molecule has 0 bridgehead atoms. The summed E-state index contributed by atoms with van der Waals surface area (Å²) < 4.78 is 0. The molecule has 1 aliphatic rings. The minimum Gasteiger partial charge on any atom is -0.478 e. The number of carbonyl (C=O) groups excluding carboxylic acids is 1. The van der Waals surface area contributed by atoms with Gasteiger partial charge in [0.05, 0.1) is 11.6 Å². The number of H-pyrrole nitrogens is 1. The van der Waals surface area contributed by atoms with Crippen LogP contribution in [0.3, 0.4) is 0 Å². The number of pyridine rings is 1. The number of nitrogens with zero attached hydrogens (tertiary/aromatic N) is 1. The molecule has 0 radical (unpaired) electrons.